The van der Waals surface area contributed by atoms with Gasteiger partial charge in [-0.15, -0.1) is 0 Å². The number of aryl methyl sites for hydroxylation is 1. The van der Waals surface area contributed by atoms with E-state index >= 15 is 0 Å². The fourth-order valence-electron chi connectivity index (χ4n) is 4.84. The topological polar surface area (TPSA) is 87.7 Å². The smallest absolute Gasteiger partial charge is 0.322 e. The van der Waals surface area contributed by atoms with Gasteiger partial charge < -0.3 is 15.0 Å². The number of rotatable bonds is 6. The molecule has 34 heavy (non-hydrogen) atoms. The zero-order valence-corrected chi connectivity index (χ0v) is 19.8. The number of nitrogens with one attached hydrogen (secondary N) is 2. The van der Waals surface area contributed by atoms with Crippen LogP contribution in [0, 0.1) is 18.7 Å². The van der Waals surface area contributed by atoms with E-state index in [2.05, 4.69) is 10.6 Å². The summed E-state index contributed by atoms with van der Waals surface area (Å²) in [6, 6.07) is 10.9. The second kappa shape index (κ2) is 9.62. The zero-order chi connectivity index (χ0) is 24.5. The minimum atomic E-state index is -1.25. The summed E-state index contributed by atoms with van der Waals surface area (Å²) in [5, 5.41) is 5.68. The molecule has 2 atom stereocenters. The number of carbonyl (C=O) groups is 3. The van der Waals surface area contributed by atoms with Crippen molar-refractivity contribution in [3.8, 4) is 5.75 Å². The van der Waals surface area contributed by atoms with Crippen LogP contribution in [0.2, 0.25) is 5.02 Å². The summed E-state index contributed by atoms with van der Waals surface area (Å²) in [7, 11) is 0. The summed E-state index contributed by atoms with van der Waals surface area (Å²) < 4.78 is 20.2. The Labute approximate surface area is 202 Å². The van der Waals surface area contributed by atoms with E-state index in [-0.39, 0.29) is 18.2 Å². The molecule has 2 N–H and O–H groups in total. The third kappa shape index (κ3) is 4.73. The van der Waals surface area contributed by atoms with Crippen molar-refractivity contribution in [3.63, 3.8) is 0 Å². The molecule has 2 aliphatic heterocycles. The summed E-state index contributed by atoms with van der Waals surface area (Å²) in [5.41, 5.74) is -0.0561. The monoisotopic (exact) mass is 487 g/mol. The number of piperidine rings is 1. The van der Waals surface area contributed by atoms with E-state index in [1.54, 1.807) is 48.2 Å². The van der Waals surface area contributed by atoms with Crippen LogP contribution in [0.5, 0.6) is 5.75 Å². The highest BCUT2D eigenvalue weighted by molar-refractivity contribution is 6.30. The van der Waals surface area contributed by atoms with Crippen molar-refractivity contribution in [2.45, 2.75) is 44.8 Å². The Morgan fingerprint density at radius 1 is 1.24 bits per heavy atom. The molecule has 2 heterocycles. The van der Waals surface area contributed by atoms with E-state index in [0.717, 1.165) is 5.56 Å². The van der Waals surface area contributed by atoms with Crippen LogP contribution in [0.15, 0.2) is 42.5 Å². The third-order valence-electron chi connectivity index (χ3n) is 6.69. The number of carbonyl (C=O) groups excluding carboxylic acids is 3. The van der Waals surface area contributed by atoms with Crippen LogP contribution < -0.4 is 15.4 Å². The van der Waals surface area contributed by atoms with E-state index in [1.807, 2.05) is 6.92 Å². The Hall–Kier alpha value is -3.13. The van der Waals surface area contributed by atoms with E-state index < -0.39 is 29.4 Å². The summed E-state index contributed by atoms with van der Waals surface area (Å²) in [5.74, 6) is -0.699. The first kappa shape index (κ1) is 24.0. The molecule has 0 aliphatic carbocycles. The Balaban J connectivity index is 1.44. The van der Waals surface area contributed by atoms with E-state index in [0.29, 0.717) is 42.3 Å². The van der Waals surface area contributed by atoms with Gasteiger partial charge in [-0.2, -0.15) is 0 Å². The SMILES string of the molecule is Cc1cc(Cl)ccc1OC(C)C(=O)N1CCC(C2(Cc3ccccc3F)NC(=O)NC2=O)CC1. The fourth-order valence-corrected chi connectivity index (χ4v) is 5.07. The molecule has 2 saturated heterocycles. The van der Waals surface area contributed by atoms with E-state index in [4.69, 9.17) is 16.3 Å². The average Bonchev–Trinajstić information content (AvgIpc) is 3.10. The largest absolute Gasteiger partial charge is 0.481 e. The van der Waals surface area contributed by atoms with Crippen LogP contribution in [0.1, 0.15) is 30.9 Å². The number of hydrogen-bond donors (Lipinski definition) is 2. The van der Waals surface area contributed by atoms with Crippen LogP contribution in [0.4, 0.5) is 9.18 Å². The van der Waals surface area contributed by atoms with Gasteiger partial charge in [-0.25, -0.2) is 9.18 Å². The lowest BCUT2D eigenvalue weighted by atomic mass is 9.74. The summed E-state index contributed by atoms with van der Waals surface area (Å²) >= 11 is 5.99. The number of ether oxygens (including phenoxy) is 1. The molecule has 4 amide bonds. The standard InChI is InChI=1S/C25H27ClFN3O4/c1-15-13-19(26)7-8-21(15)34-16(2)22(31)30-11-9-18(10-12-30)25(23(32)28-24(33)29-25)14-17-5-3-4-6-20(17)27/h3-8,13,16,18H,9-12,14H2,1-2H3,(H2,28,29,32,33). The normalized spacial score (nSPS) is 21.7. The Bertz CT molecular complexity index is 1120. The van der Waals surface area contributed by atoms with Gasteiger partial charge in [-0.05, 0) is 68.0 Å². The van der Waals surface area contributed by atoms with Gasteiger partial charge in [0.05, 0.1) is 0 Å². The number of hydrogen-bond acceptors (Lipinski definition) is 4. The molecule has 0 spiro atoms. The van der Waals surface area contributed by atoms with Gasteiger partial charge in [-0.1, -0.05) is 29.8 Å². The highest BCUT2D eigenvalue weighted by Gasteiger charge is 2.52. The first-order valence-corrected chi connectivity index (χ1v) is 11.7. The number of imide groups is 1. The van der Waals surface area contributed by atoms with E-state index in [9.17, 15) is 18.8 Å². The molecule has 2 fully saturated rings. The molecule has 2 aromatic carbocycles. The minimum Gasteiger partial charge on any atom is -0.481 e. The number of likely N-dealkylation sites (tertiary alicyclic amines) is 1. The maximum absolute atomic E-state index is 14.4. The molecular formula is C25H27ClFN3O4. The van der Waals surface area contributed by atoms with Gasteiger partial charge in [0.1, 0.15) is 17.1 Å². The van der Waals surface area contributed by atoms with Crippen molar-refractivity contribution < 1.29 is 23.5 Å². The van der Waals surface area contributed by atoms with Gasteiger partial charge in [-0.3, -0.25) is 14.9 Å². The van der Waals surface area contributed by atoms with Crippen molar-refractivity contribution in [1.29, 1.82) is 0 Å². The number of urea groups is 1. The summed E-state index contributed by atoms with van der Waals surface area (Å²) in [4.78, 5) is 39.6. The van der Waals surface area contributed by atoms with Crippen molar-refractivity contribution in [2.24, 2.45) is 5.92 Å². The van der Waals surface area contributed by atoms with Gasteiger partial charge in [0.25, 0.3) is 11.8 Å². The molecule has 2 unspecified atom stereocenters. The predicted octanol–water partition coefficient (Wildman–Crippen LogP) is 3.61. The minimum absolute atomic E-state index is 0.0468. The highest BCUT2D eigenvalue weighted by atomic mass is 35.5. The van der Waals surface area contributed by atoms with Crippen LogP contribution in [-0.4, -0.2) is 47.5 Å². The van der Waals surface area contributed by atoms with Crippen LogP contribution in [0.3, 0.4) is 0 Å². The number of nitrogens with zero attached hydrogens (tertiary/aromatic N) is 1. The van der Waals surface area contributed by atoms with Crippen molar-refractivity contribution in [3.05, 3.63) is 64.4 Å². The van der Waals surface area contributed by atoms with Crippen molar-refractivity contribution in [2.75, 3.05) is 13.1 Å². The van der Waals surface area contributed by atoms with Gasteiger partial charge >= 0.3 is 6.03 Å². The van der Waals surface area contributed by atoms with Crippen LogP contribution in [-0.2, 0) is 16.0 Å². The summed E-state index contributed by atoms with van der Waals surface area (Å²) in [6.45, 7) is 4.37. The molecule has 2 aliphatic rings. The van der Waals surface area contributed by atoms with Gasteiger partial charge in [0.2, 0.25) is 0 Å². The van der Waals surface area contributed by atoms with Crippen molar-refractivity contribution in [1.82, 2.24) is 15.5 Å². The lowest BCUT2D eigenvalue weighted by Gasteiger charge is -2.41. The third-order valence-corrected chi connectivity index (χ3v) is 6.92. The molecule has 0 radical (unpaired) electrons. The van der Waals surface area contributed by atoms with Crippen LogP contribution >= 0.6 is 11.6 Å². The van der Waals surface area contributed by atoms with E-state index in [1.165, 1.54) is 6.07 Å². The van der Waals surface area contributed by atoms with Crippen LogP contribution in [0.25, 0.3) is 0 Å². The molecular weight excluding hydrogens is 461 g/mol. The summed E-state index contributed by atoms with van der Waals surface area (Å²) in [6.07, 6.45) is 0.324. The average molecular weight is 488 g/mol. The molecule has 180 valence electrons. The van der Waals surface area contributed by atoms with Gasteiger partial charge in [0.15, 0.2) is 6.10 Å². The molecule has 4 rings (SSSR count). The maximum atomic E-state index is 14.4. The molecule has 0 bridgehead atoms. The molecule has 0 aromatic heterocycles. The first-order chi connectivity index (χ1) is 16.2. The second-order valence-electron chi connectivity index (χ2n) is 8.92. The zero-order valence-electron chi connectivity index (χ0n) is 19.1. The van der Waals surface area contributed by atoms with Crippen molar-refractivity contribution >= 4 is 29.4 Å². The number of amides is 4. The molecule has 0 saturated carbocycles. The lowest BCUT2D eigenvalue weighted by Crippen LogP contribution is -2.58. The highest BCUT2D eigenvalue weighted by Crippen LogP contribution is 2.35. The molecule has 7 nitrogen and oxygen atoms in total. The second-order valence-corrected chi connectivity index (χ2v) is 9.35. The lowest BCUT2D eigenvalue weighted by molar-refractivity contribution is -0.140. The number of benzene rings is 2. The Kier molecular flexibility index (Phi) is 6.79. The Morgan fingerprint density at radius 3 is 2.56 bits per heavy atom. The Morgan fingerprint density at radius 2 is 1.94 bits per heavy atom. The first-order valence-electron chi connectivity index (χ1n) is 11.3. The quantitative estimate of drug-likeness (QED) is 0.609. The molecule has 2 aromatic rings. The van der Waals surface area contributed by atoms with Gasteiger partial charge in [0, 0.05) is 24.5 Å². The molecule has 9 heteroatoms. The maximum Gasteiger partial charge on any atom is 0.322 e. The predicted molar refractivity (Wildman–Crippen MR) is 125 cm³/mol. The number of halogens is 2. The fraction of sp³-hybridized carbons (Fsp3) is 0.400.